The molecule has 13 unspecified atom stereocenters. The molecule has 302 valence electrons. The summed E-state index contributed by atoms with van der Waals surface area (Å²) in [5, 5.41) is 124. The Labute approximate surface area is 315 Å². The number of carboxylic acids is 1. The Morgan fingerprint density at radius 3 is 2.04 bits per heavy atom. The number of fused-ring (bicyclic) bond motifs is 3. The maximum Gasteiger partial charge on any atom is 0.335 e. The second-order valence-corrected chi connectivity index (χ2v) is 13.8. The molecule has 20 heteroatoms. The van der Waals surface area contributed by atoms with Crippen LogP contribution in [-0.4, -0.2) is 147 Å². The molecule has 3 aromatic carbocycles. The summed E-state index contributed by atoms with van der Waals surface area (Å²) in [4.78, 5) is 24.7. The van der Waals surface area contributed by atoms with Gasteiger partial charge in [-0.15, -0.1) is 0 Å². The molecule has 0 spiro atoms. The smallest absolute Gasteiger partial charge is 0.335 e. The molecular formula is C36H38O20. The summed E-state index contributed by atoms with van der Waals surface area (Å²) in [6.45, 7) is -0.768. The summed E-state index contributed by atoms with van der Waals surface area (Å²) in [7, 11) is 0. The minimum Gasteiger partial charge on any atom is -0.504 e. The Kier molecular flexibility index (Phi) is 10.6. The summed E-state index contributed by atoms with van der Waals surface area (Å²) in [5.74, 6) is -5.55. The van der Waals surface area contributed by atoms with Crippen LogP contribution in [0.3, 0.4) is 0 Å². The summed E-state index contributed by atoms with van der Waals surface area (Å²) in [6.07, 6.45) is -21.6. The molecule has 0 aliphatic carbocycles. The lowest BCUT2D eigenvalue weighted by molar-refractivity contribution is -0.277. The minimum absolute atomic E-state index is 0.0383. The zero-order valence-corrected chi connectivity index (χ0v) is 28.8. The second-order valence-electron chi connectivity index (χ2n) is 13.8. The van der Waals surface area contributed by atoms with Crippen molar-refractivity contribution in [2.24, 2.45) is 0 Å². The predicted molar refractivity (Wildman–Crippen MR) is 179 cm³/mol. The Morgan fingerprint density at radius 2 is 1.36 bits per heavy atom. The van der Waals surface area contributed by atoms with Crippen LogP contribution in [-0.2, 0) is 25.5 Å². The van der Waals surface area contributed by atoms with Gasteiger partial charge in [0.05, 0.1) is 19.1 Å². The van der Waals surface area contributed by atoms with Crippen molar-refractivity contribution >= 4 is 11.9 Å². The van der Waals surface area contributed by atoms with Crippen LogP contribution in [0.1, 0.15) is 40.7 Å². The van der Waals surface area contributed by atoms with Crippen LogP contribution in [0, 0.1) is 0 Å². The molecule has 0 bridgehead atoms. The van der Waals surface area contributed by atoms with E-state index in [2.05, 4.69) is 0 Å². The standard InChI is InChI=1S/C36H38O20/c37-10-22-25(43)26(44)29(47)35(54-22)53-21-9-19-14(32-24(21)13(8-23(42)55-32)11-1-3-15(38)17(40)5-11)7-18(41)31(51-19)12-2-4-16(39)20(6-12)52-36-30(48)27(45)28(46)33(56-36)34(49)50/h1-6,9,13,18,22,25-31,33,35-41,43-48H,7-8,10H2,(H,49,50). The molecule has 0 amide bonds. The van der Waals surface area contributed by atoms with Gasteiger partial charge in [-0.25, -0.2) is 4.79 Å². The number of aromatic hydroxyl groups is 3. The van der Waals surface area contributed by atoms with E-state index in [0.29, 0.717) is 5.56 Å². The van der Waals surface area contributed by atoms with E-state index in [1.165, 1.54) is 36.4 Å². The maximum atomic E-state index is 13.1. The number of carboxylic acid groups (broad SMARTS) is 1. The topological polar surface area (TPSA) is 332 Å². The van der Waals surface area contributed by atoms with Crippen molar-refractivity contribution in [2.75, 3.05) is 6.61 Å². The first kappa shape index (κ1) is 39.2. The Hall–Kier alpha value is -5.00. The number of benzene rings is 3. The van der Waals surface area contributed by atoms with Crippen molar-refractivity contribution in [3.63, 3.8) is 0 Å². The number of hydrogen-bond donors (Lipinski definition) is 12. The third kappa shape index (κ3) is 7.00. The van der Waals surface area contributed by atoms with E-state index in [-0.39, 0.29) is 46.8 Å². The van der Waals surface area contributed by atoms with Crippen LogP contribution >= 0.6 is 0 Å². The molecule has 13 atom stereocenters. The van der Waals surface area contributed by atoms with Crippen molar-refractivity contribution in [2.45, 2.75) is 92.4 Å². The normalized spacial score (nSPS) is 34.0. The van der Waals surface area contributed by atoms with Crippen LogP contribution in [0.4, 0.5) is 0 Å². The van der Waals surface area contributed by atoms with E-state index < -0.39 is 121 Å². The van der Waals surface area contributed by atoms with Gasteiger partial charge in [0.15, 0.2) is 29.1 Å². The third-order valence-corrected chi connectivity index (χ3v) is 10.2. The summed E-state index contributed by atoms with van der Waals surface area (Å²) < 4.78 is 34.3. The van der Waals surface area contributed by atoms with Gasteiger partial charge in [-0.05, 0) is 35.4 Å². The Balaban J connectivity index is 1.27. The molecule has 12 N–H and O–H groups in total. The number of aliphatic carboxylic acids is 1. The highest BCUT2D eigenvalue weighted by atomic mass is 16.7. The van der Waals surface area contributed by atoms with Gasteiger partial charge in [0.25, 0.3) is 0 Å². The minimum atomic E-state index is -2.00. The molecule has 0 saturated carbocycles. The predicted octanol–water partition coefficient (Wildman–Crippen LogP) is -2.27. The summed E-state index contributed by atoms with van der Waals surface area (Å²) in [5.41, 5.74) is 0.776. The van der Waals surface area contributed by atoms with Gasteiger partial charge in [0.2, 0.25) is 12.6 Å². The third-order valence-electron chi connectivity index (χ3n) is 10.2. The van der Waals surface area contributed by atoms with Crippen molar-refractivity contribution in [1.82, 2.24) is 0 Å². The zero-order valence-electron chi connectivity index (χ0n) is 28.8. The molecule has 20 nitrogen and oxygen atoms in total. The number of carbonyl (C=O) groups is 2. The van der Waals surface area contributed by atoms with E-state index in [4.69, 9.17) is 28.4 Å². The molecule has 4 aliphatic rings. The van der Waals surface area contributed by atoms with Crippen LogP contribution in [0.2, 0.25) is 0 Å². The molecule has 4 aliphatic heterocycles. The van der Waals surface area contributed by atoms with Crippen LogP contribution in [0.25, 0.3) is 0 Å². The summed E-state index contributed by atoms with van der Waals surface area (Å²) in [6, 6.07) is 8.82. The fourth-order valence-corrected chi connectivity index (χ4v) is 7.17. The van der Waals surface area contributed by atoms with Crippen LogP contribution in [0.5, 0.6) is 40.2 Å². The van der Waals surface area contributed by atoms with Crippen molar-refractivity contribution < 1.29 is 99.3 Å². The lowest BCUT2D eigenvalue weighted by Gasteiger charge is -2.41. The van der Waals surface area contributed by atoms with E-state index in [0.717, 1.165) is 6.07 Å². The zero-order chi connectivity index (χ0) is 40.3. The van der Waals surface area contributed by atoms with Crippen molar-refractivity contribution in [1.29, 1.82) is 0 Å². The number of aliphatic hydroxyl groups excluding tert-OH is 8. The molecule has 56 heavy (non-hydrogen) atoms. The molecule has 3 aromatic rings. The van der Waals surface area contributed by atoms with Crippen LogP contribution < -0.4 is 18.9 Å². The first-order valence-corrected chi connectivity index (χ1v) is 17.2. The van der Waals surface area contributed by atoms with Gasteiger partial charge in [-0.1, -0.05) is 12.1 Å². The number of ether oxygens (including phenoxy) is 6. The molecule has 7 rings (SSSR count). The second kappa shape index (κ2) is 15.2. The van der Waals surface area contributed by atoms with Gasteiger partial charge in [-0.3, -0.25) is 4.79 Å². The van der Waals surface area contributed by atoms with Gasteiger partial charge in [0, 0.05) is 29.5 Å². The van der Waals surface area contributed by atoms with E-state index in [1.807, 2.05) is 0 Å². The Bertz CT molecular complexity index is 1990. The molecule has 0 radical (unpaired) electrons. The fourth-order valence-electron chi connectivity index (χ4n) is 7.17. The number of phenolic OH excluding ortho intramolecular Hbond substituents is 3. The quantitative estimate of drug-likeness (QED) is 0.0650. The van der Waals surface area contributed by atoms with Crippen molar-refractivity contribution in [3.05, 3.63) is 64.7 Å². The van der Waals surface area contributed by atoms with Gasteiger partial charge in [-0.2, -0.15) is 0 Å². The van der Waals surface area contributed by atoms with E-state index in [9.17, 15) is 70.9 Å². The maximum absolute atomic E-state index is 13.1. The number of rotatable bonds is 8. The average Bonchev–Trinajstić information content (AvgIpc) is 3.16. The van der Waals surface area contributed by atoms with E-state index in [1.54, 1.807) is 0 Å². The highest BCUT2D eigenvalue weighted by molar-refractivity contribution is 5.81. The van der Waals surface area contributed by atoms with E-state index >= 15 is 0 Å². The summed E-state index contributed by atoms with van der Waals surface area (Å²) >= 11 is 0. The molecule has 2 saturated heterocycles. The highest BCUT2D eigenvalue weighted by Gasteiger charge is 2.49. The van der Waals surface area contributed by atoms with Crippen molar-refractivity contribution in [3.8, 4) is 40.2 Å². The first-order chi connectivity index (χ1) is 26.6. The number of aliphatic hydroxyl groups is 8. The SMILES string of the molecule is O=C1CC(c2ccc(O)c(O)c2)c2c(OC3OC(CO)C(O)C(O)C3O)cc3c(c2O1)CC(O)C(c1ccc(O)c(OC2OC(C(=O)O)C(O)C(O)C2O)c1)O3. The van der Waals surface area contributed by atoms with Gasteiger partial charge in [0.1, 0.15) is 66.1 Å². The largest absolute Gasteiger partial charge is 0.504 e. The lowest BCUT2D eigenvalue weighted by Crippen LogP contribution is -2.61. The molecule has 2 fully saturated rings. The first-order valence-electron chi connectivity index (χ1n) is 17.2. The van der Waals surface area contributed by atoms with Gasteiger partial charge >= 0.3 is 11.9 Å². The monoisotopic (exact) mass is 790 g/mol. The van der Waals surface area contributed by atoms with Crippen LogP contribution in [0.15, 0.2) is 42.5 Å². The molecule has 4 heterocycles. The Morgan fingerprint density at radius 1 is 0.714 bits per heavy atom. The average molecular weight is 791 g/mol. The highest BCUT2D eigenvalue weighted by Crippen LogP contribution is 2.53. The number of esters is 1. The molecule has 0 aromatic heterocycles. The molecular weight excluding hydrogens is 752 g/mol. The van der Waals surface area contributed by atoms with Gasteiger partial charge < -0.3 is 89.7 Å². The number of phenols is 3. The number of carbonyl (C=O) groups excluding carboxylic acids is 1. The number of hydrogen-bond acceptors (Lipinski definition) is 19. The fraction of sp³-hybridized carbons (Fsp3) is 0.444. The lowest BCUT2D eigenvalue weighted by atomic mass is 9.82.